The molecule has 0 saturated heterocycles. The van der Waals surface area contributed by atoms with Gasteiger partial charge in [0.15, 0.2) is 5.82 Å². The Morgan fingerprint density at radius 3 is 2.79 bits per heavy atom. The quantitative estimate of drug-likeness (QED) is 0.774. The molecule has 1 saturated carbocycles. The zero-order chi connectivity index (χ0) is 10.2. The number of nitrogens with zero attached hydrogens (tertiary/aromatic N) is 4. The molecule has 0 aliphatic heterocycles. The van der Waals surface area contributed by atoms with Crippen LogP contribution >= 0.6 is 0 Å². The molecule has 5 heteroatoms. The van der Waals surface area contributed by atoms with E-state index in [-0.39, 0.29) is 6.04 Å². The highest BCUT2D eigenvalue weighted by Crippen LogP contribution is 2.49. The molecule has 5 nitrogen and oxygen atoms in total. The fraction of sp³-hybridized carbons (Fsp3) is 0.889. The van der Waals surface area contributed by atoms with Gasteiger partial charge in [-0.05, 0) is 42.0 Å². The SMILES string of the molecule is CCC1(Cn2nnnc2C(C)N)CC1. The van der Waals surface area contributed by atoms with Crippen LogP contribution in [0, 0.1) is 5.41 Å². The van der Waals surface area contributed by atoms with E-state index in [0.717, 1.165) is 12.4 Å². The lowest BCUT2D eigenvalue weighted by Crippen LogP contribution is -2.19. The van der Waals surface area contributed by atoms with Gasteiger partial charge in [0.1, 0.15) is 0 Å². The van der Waals surface area contributed by atoms with Crippen LogP contribution in [0.15, 0.2) is 0 Å². The maximum atomic E-state index is 5.78. The first-order valence-corrected chi connectivity index (χ1v) is 5.18. The summed E-state index contributed by atoms with van der Waals surface area (Å²) in [6, 6.07) is -0.0855. The third kappa shape index (κ3) is 1.64. The van der Waals surface area contributed by atoms with E-state index in [4.69, 9.17) is 5.73 Å². The molecule has 2 N–H and O–H groups in total. The average Bonchev–Trinajstić information content (AvgIpc) is 2.76. The molecule has 1 aromatic rings. The highest BCUT2D eigenvalue weighted by molar-refractivity contribution is 4.95. The number of nitrogens with two attached hydrogens (primary N) is 1. The molecule has 1 aliphatic carbocycles. The van der Waals surface area contributed by atoms with Gasteiger partial charge in [0.05, 0.1) is 12.6 Å². The van der Waals surface area contributed by atoms with Crippen LogP contribution in [-0.2, 0) is 6.54 Å². The zero-order valence-corrected chi connectivity index (χ0v) is 8.77. The van der Waals surface area contributed by atoms with Crippen LogP contribution in [-0.4, -0.2) is 20.2 Å². The van der Waals surface area contributed by atoms with E-state index in [1.807, 2.05) is 11.6 Å². The van der Waals surface area contributed by atoms with Gasteiger partial charge in [0.25, 0.3) is 0 Å². The van der Waals surface area contributed by atoms with Gasteiger partial charge >= 0.3 is 0 Å². The first-order valence-electron chi connectivity index (χ1n) is 5.18. The van der Waals surface area contributed by atoms with Gasteiger partial charge < -0.3 is 5.73 Å². The number of hydrogen-bond acceptors (Lipinski definition) is 4. The van der Waals surface area contributed by atoms with Crippen LogP contribution in [0.3, 0.4) is 0 Å². The number of aromatic nitrogens is 4. The smallest absolute Gasteiger partial charge is 0.167 e. The summed E-state index contributed by atoms with van der Waals surface area (Å²) >= 11 is 0. The summed E-state index contributed by atoms with van der Waals surface area (Å²) in [6.07, 6.45) is 3.79. The second-order valence-corrected chi connectivity index (χ2v) is 4.34. The predicted octanol–water partition coefficient (Wildman–Crippen LogP) is 0.883. The lowest BCUT2D eigenvalue weighted by molar-refractivity contribution is 0.367. The lowest BCUT2D eigenvalue weighted by Gasteiger charge is -2.13. The van der Waals surface area contributed by atoms with Crippen LogP contribution < -0.4 is 5.73 Å². The molecule has 1 atom stereocenters. The minimum Gasteiger partial charge on any atom is -0.322 e. The van der Waals surface area contributed by atoms with E-state index < -0.39 is 0 Å². The van der Waals surface area contributed by atoms with Crippen molar-refractivity contribution in [3.05, 3.63) is 5.82 Å². The lowest BCUT2D eigenvalue weighted by atomic mass is 10.0. The van der Waals surface area contributed by atoms with E-state index in [9.17, 15) is 0 Å². The molecule has 1 aliphatic rings. The molecule has 78 valence electrons. The van der Waals surface area contributed by atoms with E-state index in [1.165, 1.54) is 19.3 Å². The Kier molecular flexibility index (Phi) is 2.26. The van der Waals surface area contributed by atoms with E-state index in [0.29, 0.717) is 5.41 Å². The fourth-order valence-corrected chi connectivity index (χ4v) is 1.77. The molecular formula is C9H17N5. The molecule has 1 heterocycles. The third-order valence-electron chi connectivity index (χ3n) is 3.16. The van der Waals surface area contributed by atoms with Crippen molar-refractivity contribution >= 4 is 0 Å². The van der Waals surface area contributed by atoms with Crippen molar-refractivity contribution in [1.82, 2.24) is 20.2 Å². The number of hydrogen-bond donors (Lipinski definition) is 1. The van der Waals surface area contributed by atoms with Crippen LogP contribution in [0.4, 0.5) is 0 Å². The molecule has 0 amide bonds. The van der Waals surface area contributed by atoms with Crippen LogP contribution in [0.1, 0.15) is 45.0 Å². The topological polar surface area (TPSA) is 69.6 Å². The summed E-state index contributed by atoms with van der Waals surface area (Å²) in [5.41, 5.74) is 6.23. The van der Waals surface area contributed by atoms with Crippen LogP contribution in [0.5, 0.6) is 0 Å². The van der Waals surface area contributed by atoms with Gasteiger partial charge in [0.2, 0.25) is 0 Å². The summed E-state index contributed by atoms with van der Waals surface area (Å²) in [5.74, 6) is 0.796. The van der Waals surface area contributed by atoms with Crippen molar-refractivity contribution in [2.45, 2.75) is 45.7 Å². The maximum absolute atomic E-state index is 5.78. The first-order chi connectivity index (χ1) is 6.67. The van der Waals surface area contributed by atoms with E-state index in [1.54, 1.807) is 0 Å². The molecule has 0 radical (unpaired) electrons. The van der Waals surface area contributed by atoms with E-state index >= 15 is 0 Å². The molecular weight excluding hydrogens is 178 g/mol. The van der Waals surface area contributed by atoms with Crippen LogP contribution in [0.2, 0.25) is 0 Å². The maximum Gasteiger partial charge on any atom is 0.167 e. The van der Waals surface area contributed by atoms with Crippen molar-refractivity contribution in [1.29, 1.82) is 0 Å². The van der Waals surface area contributed by atoms with Gasteiger partial charge in [-0.3, -0.25) is 0 Å². The average molecular weight is 195 g/mol. The molecule has 0 aromatic carbocycles. The highest BCUT2D eigenvalue weighted by atomic mass is 15.5. The monoisotopic (exact) mass is 195 g/mol. The number of tetrazole rings is 1. The predicted molar refractivity (Wildman–Crippen MR) is 52.4 cm³/mol. The van der Waals surface area contributed by atoms with Crippen molar-refractivity contribution in [2.75, 3.05) is 0 Å². The normalized spacial score (nSPS) is 20.8. The van der Waals surface area contributed by atoms with Gasteiger partial charge in [-0.1, -0.05) is 6.92 Å². The Labute approximate surface area is 83.7 Å². The fourth-order valence-electron chi connectivity index (χ4n) is 1.77. The molecule has 1 aromatic heterocycles. The Morgan fingerprint density at radius 2 is 2.29 bits per heavy atom. The van der Waals surface area contributed by atoms with Gasteiger partial charge in [-0.2, -0.15) is 0 Å². The Bertz CT molecular complexity index is 313. The Morgan fingerprint density at radius 1 is 1.57 bits per heavy atom. The standard InChI is InChI=1S/C9H17N5/c1-3-9(4-5-9)6-14-8(7(2)10)11-12-13-14/h7H,3-6,10H2,1-2H3. The van der Waals surface area contributed by atoms with Gasteiger partial charge in [-0.25, -0.2) is 4.68 Å². The second-order valence-electron chi connectivity index (χ2n) is 4.34. The van der Waals surface area contributed by atoms with Gasteiger partial charge in [-0.15, -0.1) is 5.10 Å². The Hall–Kier alpha value is -0.970. The van der Waals surface area contributed by atoms with Crippen LogP contribution in [0.25, 0.3) is 0 Å². The molecule has 14 heavy (non-hydrogen) atoms. The third-order valence-corrected chi connectivity index (χ3v) is 3.16. The van der Waals surface area contributed by atoms with Gasteiger partial charge in [0, 0.05) is 0 Å². The molecule has 0 bridgehead atoms. The molecule has 0 spiro atoms. The first kappa shape index (κ1) is 9.58. The second kappa shape index (κ2) is 3.31. The summed E-state index contributed by atoms with van der Waals surface area (Å²) in [7, 11) is 0. The zero-order valence-electron chi connectivity index (χ0n) is 8.77. The Balaban J connectivity index is 2.12. The minimum absolute atomic E-state index is 0.0855. The summed E-state index contributed by atoms with van der Waals surface area (Å²) in [5, 5.41) is 11.6. The largest absolute Gasteiger partial charge is 0.322 e. The van der Waals surface area contributed by atoms with Crippen molar-refractivity contribution in [3.8, 4) is 0 Å². The molecule has 1 unspecified atom stereocenters. The molecule has 2 rings (SSSR count). The number of rotatable bonds is 4. The summed E-state index contributed by atoms with van der Waals surface area (Å²) < 4.78 is 1.86. The van der Waals surface area contributed by atoms with E-state index in [2.05, 4.69) is 22.4 Å². The highest BCUT2D eigenvalue weighted by Gasteiger charge is 2.41. The minimum atomic E-state index is -0.0855. The van der Waals surface area contributed by atoms with Crippen molar-refractivity contribution in [2.24, 2.45) is 11.1 Å². The summed E-state index contributed by atoms with van der Waals surface area (Å²) in [6.45, 7) is 5.06. The summed E-state index contributed by atoms with van der Waals surface area (Å²) in [4.78, 5) is 0. The molecule has 1 fully saturated rings. The van der Waals surface area contributed by atoms with Crippen molar-refractivity contribution in [3.63, 3.8) is 0 Å². The van der Waals surface area contributed by atoms with Crippen molar-refractivity contribution < 1.29 is 0 Å².